The monoisotopic (exact) mass is 1010 g/mol. The number of fused-ring (bicyclic) bond motifs is 7. The van der Waals surface area contributed by atoms with E-state index in [0.29, 0.717) is 0 Å². The van der Waals surface area contributed by atoms with E-state index >= 15 is 0 Å². The van der Waals surface area contributed by atoms with Gasteiger partial charge >= 0.3 is 0 Å². The summed E-state index contributed by atoms with van der Waals surface area (Å²) in [5.74, 6) is 0. The van der Waals surface area contributed by atoms with Crippen molar-refractivity contribution in [3.63, 3.8) is 0 Å². The number of anilines is 6. The SMILES string of the molecule is Cc1cc(C)c(N(c2ccccc2)c2ccc3c(c2)C(CCCCCCC2(c4ccc5c(c4)CC5)c4ccccc4-c4ccccc42)(c2cccnc2)c2cc(N(c4ccccc4)c4c(C)cc(C)cc4C)ccc2-3)c(C)c1. The number of aryl methyl sites for hydroxylation is 8. The van der Waals surface area contributed by atoms with E-state index in [1.54, 1.807) is 0 Å². The van der Waals surface area contributed by atoms with Gasteiger partial charge in [-0.25, -0.2) is 0 Å². The summed E-state index contributed by atoms with van der Waals surface area (Å²) in [7, 11) is 0. The van der Waals surface area contributed by atoms with Gasteiger partial charge in [0.25, 0.3) is 0 Å². The maximum Gasteiger partial charge on any atom is 0.0520 e. The number of hydrogen-bond donors (Lipinski definition) is 0. The van der Waals surface area contributed by atoms with Gasteiger partial charge in [0.05, 0.1) is 11.4 Å². The number of unbranched alkanes of at least 4 members (excludes halogenated alkanes) is 3. The highest BCUT2D eigenvalue weighted by atomic mass is 15.2. The minimum Gasteiger partial charge on any atom is -0.310 e. The molecular weight excluding hydrogens is 943 g/mol. The summed E-state index contributed by atoms with van der Waals surface area (Å²) < 4.78 is 0. The number of pyridine rings is 1. The van der Waals surface area contributed by atoms with E-state index in [1.807, 2.05) is 6.20 Å². The second-order valence-corrected chi connectivity index (χ2v) is 22.8. The molecule has 3 nitrogen and oxygen atoms in total. The molecule has 13 rings (SSSR count). The lowest BCUT2D eigenvalue weighted by atomic mass is 9.67. The summed E-state index contributed by atoms with van der Waals surface area (Å²) >= 11 is 0. The summed E-state index contributed by atoms with van der Waals surface area (Å²) in [6.07, 6.45) is 12.9. The molecule has 0 amide bonds. The maximum absolute atomic E-state index is 4.96. The van der Waals surface area contributed by atoms with Gasteiger partial charge in [-0.15, -0.1) is 0 Å². The van der Waals surface area contributed by atoms with E-state index in [9.17, 15) is 0 Å². The molecule has 0 atom stereocenters. The van der Waals surface area contributed by atoms with Gasteiger partial charge in [-0.3, -0.25) is 4.98 Å². The molecule has 0 radical (unpaired) electrons. The number of para-hydroxylation sites is 2. The Hall–Kier alpha value is -8.27. The predicted molar refractivity (Wildman–Crippen MR) is 327 cm³/mol. The molecule has 0 aliphatic heterocycles. The molecule has 0 fully saturated rings. The van der Waals surface area contributed by atoms with Crippen LogP contribution in [-0.2, 0) is 23.7 Å². The lowest BCUT2D eigenvalue weighted by Gasteiger charge is -2.36. The molecule has 3 aliphatic rings. The molecular formula is C75H69N3. The fourth-order valence-electron chi connectivity index (χ4n) is 14.7. The quantitative estimate of drug-likeness (QED) is 0.0954. The normalized spacial score (nSPS) is 13.9. The van der Waals surface area contributed by atoms with Gasteiger partial charge in [0.2, 0.25) is 0 Å². The zero-order valence-corrected chi connectivity index (χ0v) is 46.2. The first-order valence-corrected chi connectivity index (χ1v) is 28.5. The average molecular weight is 1010 g/mol. The predicted octanol–water partition coefficient (Wildman–Crippen LogP) is 19.6. The highest BCUT2D eigenvalue weighted by molar-refractivity contribution is 5.91. The fraction of sp³-hybridized carbons (Fsp3) is 0.213. The van der Waals surface area contributed by atoms with Crippen molar-refractivity contribution in [3.8, 4) is 22.3 Å². The van der Waals surface area contributed by atoms with Crippen LogP contribution in [0.15, 0.2) is 213 Å². The van der Waals surface area contributed by atoms with Crippen LogP contribution in [-0.4, -0.2) is 4.98 Å². The van der Waals surface area contributed by atoms with Crippen molar-refractivity contribution in [1.82, 2.24) is 4.98 Å². The Kier molecular flexibility index (Phi) is 12.6. The number of aromatic nitrogens is 1. The molecule has 9 aromatic carbocycles. The van der Waals surface area contributed by atoms with Crippen molar-refractivity contribution in [1.29, 1.82) is 0 Å². The van der Waals surface area contributed by atoms with Crippen molar-refractivity contribution >= 4 is 34.1 Å². The Labute approximate surface area is 463 Å². The number of hydrogen-bond acceptors (Lipinski definition) is 3. The van der Waals surface area contributed by atoms with Gasteiger partial charge in [-0.2, -0.15) is 0 Å². The van der Waals surface area contributed by atoms with Gasteiger partial charge in [0, 0.05) is 46.0 Å². The van der Waals surface area contributed by atoms with E-state index in [-0.39, 0.29) is 5.41 Å². The minimum atomic E-state index is -0.499. The second kappa shape index (κ2) is 19.9. The lowest BCUT2D eigenvalue weighted by molar-refractivity contribution is 0.479. The average Bonchev–Trinajstić information content (AvgIpc) is 3.93. The molecule has 0 bridgehead atoms. The van der Waals surface area contributed by atoms with E-state index < -0.39 is 5.41 Å². The molecule has 3 aliphatic carbocycles. The van der Waals surface area contributed by atoms with Crippen LogP contribution in [0, 0.1) is 41.5 Å². The first kappa shape index (κ1) is 49.3. The number of rotatable bonds is 15. The Balaban J connectivity index is 0.933. The number of nitrogens with zero attached hydrogens (tertiary/aromatic N) is 3. The molecule has 78 heavy (non-hydrogen) atoms. The van der Waals surface area contributed by atoms with Crippen molar-refractivity contribution < 1.29 is 0 Å². The molecule has 10 aromatic rings. The Bertz CT molecular complexity index is 3650. The van der Waals surface area contributed by atoms with Crippen LogP contribution in [0.4, 0.5) is 34.1 Å². The van der Waals surface area contributed by atoms with Crippen LogP contribution in [0.3, 0.4) is 0 Å². The third kappa shape index (κ3) is 8.12. The Morgan fingerprint density at radius 2 is 0.808 bits per heavy atom. The van der Waals surface area contributed by atoms with Gasteiger partial charge in [-0.1, -0.05) is 182 Å². The van der Waals surface area contributed by atoms with Gasteiger partial charge in [0.1, 0.15) is 0 Å². The summed E-state index contributed by atoms with van der Waals surface area (Å²) in [5, 5.41) is 0. The van der Waals surface area contributed by atoms with Crippen molar-refractivity contribution in [2.45, 2.75) is 104 Å². The molecule has 1 heterocycles. The molecule has 0 spiro atoms. The van der Waals surface area contributed by atoms with Crippen LogP contribution in [0.1, 0.15) is 116 Å². The third-order valence-electron chi connectivity index (χ3n) is 17.9. The third-order valence-corrected chi connectivity index (χ3v) is 17.9. The molecule has 0 saturated heterocycles. The van der Waals surface area contributed by atoms with E-state index in [2.05, 4.69) is 258 Å². The van der Waals surface area contributed by atoms with Crippen LogP contribution < -0.4 is 9.80 Å². The largest absolute Gasteiger partial charge is 0.310 e. The van der Waals surface area contributed by atoms with E-state index in [1.165, 1.54) is 124 Å². The Morgan fingerprint density at radius 3 is 1.26 bits per heavy atom. The van der Waals surface area contributed by atoms with E-state index in [4.69, 9.17) is 4.98 Å². The molecule has 0 unspecified atom stereocenters. The van der Waals surface area contributed by atoms with Gasteiger partial charge in [0.15, 0.2) is 0 Å². The zero-order chi connectivity index (χ0) is 53.1. The molecule has 0 saturated carbocycles. The van der Waals surface area contributed by atoms with Crippen LogP contribution in [0.2, 0.25) is 0 Å². The summed E-state index contributed by atoms with van der Waals surface area (Å²) in [5.41, 5.74) is 30.7. The molecule has 1 aromatic heterocycles. The van der Waals surface area contributed by atoms with E-state index in [0.717, 1.165) is 61.3 Å². The van der Waals surface area contributed by atoms with Crippen molar-refractivity contribution in [3.05, 3.63) is 290 Å². The standard InChI is InChI=1S/C75H69N3/c1-50-42-52(3)72(53(4)43-50)77(60-23-11-9-12-24-60)62-35-37-66-67-38-36-63(78(61-25-13-10-14-26-61)73-54(5)44-51(2)45-55(73)6)48-71(67)75(70(66)47-62,59-22-21-41-76-49-59)40-20-8-7-19-39-74(58-34-33-56-31-32-57(56)46-58)68-29-17-15-27-64(68)65-28-16-18-30-69(65)74/h9-18,21-30,33-38,41-49H,7-8,19-20,31-32,39-40H2,1-6H3. The van der Waals surface area contributed by atoms with Crippen LogP contribution in [0.25, 0.3) is 22.3 Å². The molecule has 3 heteroatoms. The lowest BCUT2D eigenvalue weighted by Crippen LogP contribution is -2.28. The minimum absolute atomic E-state index is 0.178. The zero-order valence-electron chi connectivity index (χ0n) is 46.2. The van der Waals surface area contributed by atoms with Gasteiger partial charge in [-0.05, 0) is 211 Å². The van der Waals surface area contributed by atoms with Crippen molar-refractivity contribution in [2.24, 2.45) is 0 Å². The topological polar surface area (TPSA) is 19.4 Å². The first-order valence-electron chi connectivity index (χ1n) is 28.5. The highest BCUT2D eigenvalue weighted by Crippen LogP contribution is 2.59. The smallest absolute Gasteiger partial charge is 0.0520 e. The Morgan fingerprint density at radius 1 is 0.359 bits per heavy atom. The summed E-state index contributed by atoms with van der Waals surface area (Å²) in [4.78, 5) is 9.96. The highest BCUT2D eigenvalue weighted by Gasteiger charge is 2.47. The fourth-order valence-corrected chi connectivity index (χ4v) is 14.7. The van der Waals surface area contributed by atoms with Crippen LogP contribution in [0.5, 0.6) is 0 Å². The molecule has 384 valence electrons. The first-order chi connectivity index (χ1) is 38.1. The second-order valence-electron chi connectivity index (χ2n) is 22.8. The molecule has 0 N–H and O–H groups in total. The maximum atomic E-state index is 4.96. The van der Waals surface area contributed by atoms with Gasteiger partial charge < -0.3 is 9.80 Å². The van der Waals surface area contributed by atoms with Crippen molar-refractivity contribution in [2.75, 3.05) is 9.80 Å². The van der Waals surface area contributed by atoms with Crippen LogP contribution >= 0.6 is 0 Å². The summed E-state index contributed by atoms with van der Waals surface area (Å²) in [6, 6.07) is 76.4. The summed E-state index contributed by atoms with van der Waals surface area (Å²) in [6.45, 7) is 13.5. The number of benzene rings is 9.